The van der Waals surface area contributed by atoms with Crippen molar-refractivity contribution in [3.63, 3.8) is 0 Å². The van der Waals surface area contributed by atoms with Crippen molar-refractivity contribution in [1.82, 2.24) is 5.32 Å². The normalized spacial score (nSPS) is 12.9. The molecule has 3 N–H and O–H groups in total. The van der Waals surface area contributed by atoms with E-state index in [0.717, 1.165) is 17.5 Å². The third-order valence-electron chi connectivity index (χ3n) is 4.33. The number of nitrogens with one attached hydrogen (secondary N) is 1. The molecule has 132 valence electrons. The Hall–Kier alpha value is -2.82. The van der Waals surface area contributed by atoms with Crippen LogP contribution < -0.4 is 11.1 Å². The summed E-state index contributed by atoms with van der Waals surface area (Å²) in [7, 11) is 1.32. The van der Waals surface area contributed by atoms with Gasteiger partial charge in [0.1, 0.15) is 6.04 Å². The van der Waals surface area contributed by atoms with Gasteiger partial charge in [-0.05, 0) is 35.2 Å². The predicted octanol–water partition coefficient (Wildman–Crippen LogP) is 3.25. The summed E-state index contributed by atoms with van der Waals surface area (Å²) in [5.41, 5.74) is 8.56. The molecule has 5 nitrogen and oxygen atoms in total. The Morgan fingerprint density at radius 3 is 2.44 bits per heavy atom. The number of anilines is 1. The monoisotopic (exact) mass is 340 g/mol. The topological polar surface area (TPSA) is 81.4 Å². The second-order valence-electron chi connectivity index (χ2n) is 6.03. The lowest BCUT2D eigenvalue weighted by atomic mass is 9.96. The van der Waals surface area contributed by atoms with Crippen LogP contribution in [-0.2, 0) is 9.53 Å². The summed E-state index contributed by atoms with van der Waals surface area (Å²) in [5, 5.41) is 2.81. The summed E-state index contributed by atoms with van der Waals surface area (Å²) < 4.78 is 4.83. The minimum Gasteiger partial charge on any atom is -0.467 e. The molecule has 2 atom stereocenters. The molecule has 2 rings (SSSR count). The fourth-order valence-corrected chi connectivity index (χ4v) is 2.63. The van der Waals surface area contributed by atoms with Crippen LogP contribution in [0.5, 0.6) is 0 Å². The predicted molar refractivity (Wildman–Crippen MR) is 99.0 cm³/mol. The van der Waals surface area contributed by atoms with Gasteiger partial charge in [-0.2, -0.15) is 0 Å². The molecule has 0 fully saturated rings. The van der Waals surface area contributed by atoms with Crippen LogP contribution in [0, 0.1) is 5.92 Å². The molecule has 0 radical (unpaired) electrons. The van der Waals surface area contributed by atoms with Crippen LogP contribution in [-0.4, -0.2) is 25.0 Å². The highest BCUT2D eigenvalue weighted by Gasteiger charge is 2.27. The average molecular weight is 340 g/mol. The minimum absolute atomic E-state index is 0.0367. The van der Waals surface area contributed by atoms with Crippen molar-refractivity contribution in [3.05, 3.63) is 54.1 Å². The van der Waals surface area contributed by atoms with Crippen LogP contribution in [0.3, 0.4) is 0 Å². The van der Waals surface area contributed by atoms with E-state index in [1.807, 2.05) is 44.2 Å². The highest BCUT2D eigenvalue weighted by Crippen LogP contribution is 2.26. The van der Waals surface area contributed by atoms with E-state index in [4.69, 9.17) is 10.5 Å². The molecule has 0 aromatic heterocycles. The second-order valence-corrected chi connectivity index (χ2v) is 6.03. The molecule has 2 aromatic rings. The van der Waals surface area contributed by atoms with Crippen molar-refractivity contribution in [1.29, 1.82) is 0 Å². The Bertz CT molecular complexity index is 744. The van der Waals surface area contributed by atoms with E-state index < -0.39 is 12.0 Å². The van der Waals surface area contributed by atoms with Gasteiger partial charge in [0.2, 0.25) is 0 Å². The third kappa shape index (κ3) is 4.38. The zero-order chi connectivity index (χ0) is 18.4. The first-order valence-electron chi connectivity index (χ1n) is 8.31. The summed E-state index contributed by atoms with van der Waals surface area (Å²) in [4.78, 5) is 24.9. The summed E-state index contributed by atoms with van der Waals surface area (Å²) in [5.74, 6) is -0.806. The maximum absolute atomic E-state index is 12.8. The molecule has 0 aliphatic carbocycles. The average Bonchev–Trinajstić information content (AvgIpc) is 2.65. The van der Waals surface area contributed by atoms with Crippen molar-refractivity contribution >= 4 is 17.6 Å². The lowest BCUT2D eigenvalue weighted by Crippen LogP contribution is -2.45. The van der Waals surface area contributed by atoms with Crippen molar-refractivity contribution in [2.24, 2.45) is 5.92 Å². The molecule has 0 spiro atoms. The molecule has 5 heteroatoms. The summed E-state index contributed by atoms with van der Waals surface area (Å²) in [6.45, 7) is 3.87. The quantitative estimate of drug-likeness (QED) is 0.625. The number of esters is 1. The van der Waals surface area contributed by atoms with E-state index in [1.165, 1.54) is 7.11 Å². The first-order chi connectivity index (χ1) is 12.0. The van der Waals surface area contributed by atoms with Crippen molar-refractivity contribution < 1.29 is 14.3 Å². The lowest BCUT2D eigenvalue weighted by molar-refractivity contribution is -0.144. The summed E-state index contributed by atoms with van der Waals surface area (Å²) in [6, 6.07) is 14.0. The molecule has 25 heavy (non-hydrogen) atoms. The molecular formula is C20H24N2O3. The molecule has 0 bridgehead atoms. The smallest absolute Gasteiger partial charge is 0.328 e. The number of nitrogen functional groups attached to an aromatic ring is 1. The number of hydrogen-bond donors (Lipinski definition) is 2. The number of rotatable bonds is 6. The standard InChI is InChI=1S/C20H24N2O3/c1-4-13(2)18(20(24)25-3)22-19(23)16-11-10-15(21)12-17(16)14-8-6-5-7-9-14/h5-13,18H,4,21H2,1-3H3,(H,22,23). The van der Waals surface area contributed by atoms with Gasteiger partial charge in [-0.1, -0.05) is 50.6 Å². The number of ether oxygens (including phenoxy) is 1. The third-order valence-corrected chi connectivity index (χ3v) is 4.33. The minimum atomic E-state index is -0.691. The first kappa shape index (κ1) is 18.5. The van der Waals surface area contributed by atoms with Gasteiger partial charge < -0.3 is 15.8 Å². The SMILES string of the molecule is CCC(C)C(NC(=O)c1ccc(N)cc1-c1ccccc1)C(=O)OC. The van der Waals surface area contributed by atoms with Crippen molar-refractivity contribution in [2.75, 3.05) is 12.8 Å². The first-order valence-corrected chi connectivity index (χ1v) is 8.31. The van der Waals surface area contributed by atoms with E-state index in [0.29, 0.717) is 11.3 Å². The van der Waals surface area contributed by atoms with Crippen LogP contribution in [0.25, 0.3) is 11.1 Å². The zero-order valence-electron chi connectivity index (χ0n) is 14.8. The van der Waals surface area contributed by atoms with Crippen molar-refractivity contribution in [2.45, 2.75) is 26.3 Å². The molecule has 0 aliphatic heterocycles. The fraction of sp³-hybridized carbons (Fsp3) is 0.300. The van der Waals surface area contributed by atoms with E-state index in [1.54, 1.807) is 18.2 Å². The van der Waals surface area contributed by atoms with Crippen LogP contribution >= 0.6 is 0 Å². The lowest BCUT2D eigenvalue weighted by Gasteiger charge is -2.22. The Morgan fingerprint density at radius 1 is 1.16 bits per heavy atom. The summed E-state index contributed by atoms with van der Waals surface area (Å²) in [6.07, 6.45) is 0.743. The molecular weight excluding hydrogens is 316 g/mol. The summed E-state index contributed by atoms with van der Waals surface area (Å²) >= 11 is 0. The molecule has 0 saturated heterocycles. The van der Waals surface area contributed by atoms with Crippen LogP contribution in [0.15, 0.2) is 48.5 Å². The molecule has 0 saturated carbocycles. The molecule has 2 aromatic carbocycles. The van der Waals surface area contributed by atoms with Gasteiger partial charge in [-0.15, -0.1) is 0 Å². The molecule has 0 aliphatic rings. The maximum Gasteiger partial charge on any atom is 0.328 e. The number of nitrogens with two attached hydrogens (primary N) is 1. The van der Waals surface area contributed by atoms with E-state index >= 15 is 0 Å². The van der Waals surface area contributed by atoms with Crippen LogP contribution in [0.1, 0.15) is 30.6 Å². The van der Waals surface area contributed by atoms with Crippen molar-refractivity contribution in [3.8, 4) is 11.1 Å². The van der Waals surface area contributed by atoms with E-state index in [9.17, 15) is 9.59 Å². The number of hydrogen-bond acceptors (Lipinski definition) is 4. The fourth-order valence-electron chi connectivity index (χ4n) is 2.63. The molecule has 0 heterocycles. The number of carbonyl (C=O) groups is 2. The molecule has 1 amide bonds. The van der Waals surface area contributed by atoms with Crippen LogP contribution in [0.4, 0.5) is 5.69 Å². The largest absolute Gasteiger partial charge is 0.467 e. The highest BCUT2D eigenvalue weighted by molar-refractivity contribution is 6.03. The second kappa shape index (κ2) is 8.33. The van der Waals surface area contributed by atoms with Gasteiger partial charge in [0.15, 0.2) is 0 Å². The van der Waals surface area contributed by atoms with Gasteiger partial charge in [-0.25, -0.2) is 4.79 Å². The maximum atomic E-state index is 12.8. The van der Waals surface area contributed by atoms with Crippen LogP contribution in [0.2, 0.25) is 0 Å². The van der Waals surface area contributed by atoms with Gasteiger partial charge in [0, 0.05) is 11.3 Å². The van der Waals surface area contributed by atoms with Gasteiger partial charge >= 0.3 is 5.97 Å². The molecule has 2 unspecified atom stereocenters. The Morgan fingerprint density at radius 2 is 1.84 bits per heavy atom. The van der Waals surface area contributed by atoms with Gasteiger partial charge in [0.05, 0.1) is 7.11 Å². The Kier molecular flexibility index (Phi) is 6.17. The van der Waals surface area contributed by atoms with Gasteiger partial charge in [0.25, 0.3) is 5.91 Å². The van der Waals surface area contributed by atoms with E-state index in [2.05, 4.69) is 5.32 Å². The Labute approximate surface area is 148 Å². The number of amides is 1. The zero-order valence-corrected chi connectivity index (χ0v) is 14.8. The number of methoxy groups -OCH3 is 1. The number of carbonyl (C=O) groups excluding carboxylic acids is 2. The van der Waals surface area contributed by atoms with E-state index in [-0.39, 0.29) is 11.8 Å². The Balaban J connectivity index is 2.37. The number of benzene rings is 2. The highest BCUT2D eigenvalue weighted by atomic mass is 16.5. The van der Waals surface area contributed by atoms with Gasteiger partial charge in [-0.3, -0.25) is 4.79 Å².